The topological polar surface area (TPSA) is 28.3 Å². The molecule has 3 heteroatoms. The average molecular weight is 280 g/mol. The summed E-state index contributed by atoms with van der Waals surface area (Å²) >= 11 is 0. The van der Waals surface area contributed by atoms with Crippen LogP contribution >= 0.6 is 0 Å². The van der Waals surface area contributed by atoms with E-state index in [2.05, 4.69) is 54.3 Å². The van der Waals surface area contributed by atoms with Crippen LogP contribution in [0.2, 0.25) is 0 Å². The summed E-state index contributed by atoms with van der Waals surface area (Å²) in [5.41, 5.74) is 3.55. The third kappa shape index (κ3) is 3.44. The van der Waals surface area contributed by atoms with Crippen LogP contribution in [0, 0.1) is 0 Å². The van der Waals surface area contributed by atoms with Crippen LogP contribution in [-0.4, -0.2) is 24.0 Å². The Morgan fingerprint density at radius 3 is 2.57 bits per heavy atom. The molecule has 1 aromatic heterocycles. The molecule has 1 N–H and O–H groups in total. The van der Waals surface area contributed by atoms with Crippen molar-refractivity contribution < 1.29 is 4.74 Å². The number of nitrogens with zero attached hydrogens (tertiary/aromatic N) is 1. The minimum Gasteiger partial charge on any atom is -0.489 e. The van der Waals surface area contributed by atoms with Crippen molar-refractivity contribution in [3.63, 3.8) is 0 Å². The molecule has 0 radical (unpaired) electrons. The van der Waals surface area contributed by atoms with Crippen molar-refractivity contribution in [3.05, 3.63) is 65.9 Å². The Labute approximate surface area is 125 Å². The molecule has 0 bridgehead atoms. The summed E-state index contributed by atoms with van der Waals surface area (Å²) in [7, 11) is 4.14. The maximum Gasteiger partial charge on any atom is 0.120 e. The van der Waals surface area contributed by atoms with Crippen LogP contribution < -0.4 is 4.74 Å². The zero-order valence-corrected chi connectivity index (χ0v) is 12.5. The van der Waals surface area contributed by atoms with E-state index >= 15 is 0 Å². The van der Waals surface area contributed by atoms with Gasteiger partial charge in [-0.1, -0.05) is 30.3 Å². The van der Waals surface area contributed by atoms with Crippen LogP contribution in [0.1, 0.15) is 11.3 Å². The molecule has 0 atom stereocenters. The van der Waals surface area contributed by atoms with Gasteiger partial charge in [-0.25, -0.2) is 0 Å². The Morgan fingerprint density at radius 1 is 1.00 bits per heavy atom. The molecule has 21 heavy (non-hydrogen) atoms. The van der Waals surface area contributed by atoms with Gasteiger partial charge in [0.2, 0.25) is 0 Å². The van der Waals surface area contributed by atoms with E-state index < -0.39 is 0 Å². The lowest BCUT2D eigenvalue weighted by atomic mass is 10.2. The predicted octanol–water partition coefficient (Wildman–Crippen LogP) is 3.81. The highest BCUT2D eigenvalue weighted by molar-refractivity contribution is 5.81. The van der Waals surface area contributed by atoms with E-state index in [9.17, 15) is 0 Å². The standard InChI is InChI=1S/C18H20N2O/c1-20(2)12-16-10-15-11-17(8-9-18(15)19-16)21-13-14-6-4-3-5-7-14/h3-11,19H,12-13H2,1-2H3. The summed E-state index contributed by atoms with van der Waals surface area (Å²) in [6, 6.07) is 18.6. The number of benzene rings is 2. The molecule has 0 fully saturated rings. The lowest BCUT2D eigenvalue weighted by Crippen LogP contribution is -2.10. The summed E-state index contributed by atoms with van der Waals surface area (Å²) in [6.45, 7) is 1.51. The van der Waals surface area contributed by atoms with Crippen molar-refractivity contribution in [2.45, 2.75) is 13.2 Å². The quantitative estimate of drug-likeness (QED) is 0.770. The molecule has 0 aliphatic carbocycles. The fraction of sp³-hybridized carbons (Fsp3) is 0.222. The van der Waals surface area contributed by atoms with Crippen LogP contribution in [0.3, 0.4) is 0 Å². The molecule has 0 aliphatic heterocycles. The monoisotopic (exact) mass is 280 g/mol. The van der Waals surface area contributed by atoms with Crippen molar-refractivity contribution in [1.29, 1.82) is 0 Å². The normalized spacial score (nSPS) is 11.2. The van der Waals surface area contributed by atoms with Gasteiger partial charge in [-0.3, -0.25) is 0 Å². The average Bonchev–Trinajstić information content (AvgIpc) is 2.86. The highest BCUT2D eigenvalue weighted by atomic mass is 16.5. The highest BCUT2D eigenvalue weighted by Crippen LogP contribution is 2.22. The van der Waals surface area contributed by atoms with E-state index in [-0.39, 0.29) is 0 Å². The fourth-order valence-corrected chi connectivity index (χ4v) is 2.43. The summed E-state index contributed by atoms with van der Waals surface area (Å²) in [4.78, 5) is 5.58. The Morgan fingerprint density at radius 2 is 1.81 bits per heavy atom. The van der Waals surface area contributed by atoms with E-state index in [0.29, 0.717) is 6.61 Å². The number of hydrogen-bond donors (Lipinski definition) is 1. The number of ether oxygens (including phenoxy) is 1. The molecule has 108 valence electrons. The van der Waals surface area contributed by atoms with E-state index in [0.717, 1.165) is 17.8 Å². The van der Waals surface area contributed by atoms with E-state index in [1.54, 1.807) is 0 Å². The van der Waals surface area contributed by atoms with Gasteiger partial charge in [0.1, 0.15) is 12.4 Å². The van der Waals surface area contributed by atoms with Crippen LogP contribution in [0.4, 0.5) is 0 Å². The van der Waals surface area contributed by atoms with Gasteiger partial charge in [-0.2, -0.15) is 0 Å². The molecule has 3 aromatic rings. The van der Waals surface area contributed by atoms with E-state index in [1.807, 2.05) is 24.3 Å². The van der Waals surface area contributed by atoms with Crippen LogP contribution in [0.25, 0.3) is 10.9 Å². The van der Waals surface area contributed by atoms with Crippen molar-refractivity contribution in [2.24, 2.45) is 0 Å². The van der Waals surface area contributed by atoms with Crippen molar-refractivity contribution in [1.82, 2.24) is 9.88 Å². The maximum absolute atomic E-state index is 5.87. The Kier molecular flexibility index (Phi) is 3.93. The zero-order chi connectivity index (χ0) is 14.7. The van der Waals surface area contributed by atoms with Crippen molar-refractivity contribution >= 4 is 10.9 Å². The first kappa shape index (κ1) is 13.7. The smallest absolute Gasteiger partial charge is 0.120 e. The number of nitrogens with one attached hydrogen (secondary N) is 1. The number of aromatic nitrogens is 1. The van der Waals surface area contributed by atoms with Crippen LogP contribution in [-0.2, 0) is 13.2 Å². The van der Waals surface area contributed by atoms with Gasteiger partial charge >= 0.3 is 0 Å². The second-order valence-electron chi connectivity index (χ2n) is 5.56. The third-order valence-electron chi connectivity index (χ3n) is 3.38. The molecule has 3 nitrogen and oxygen atoms in total. The lowest BCUT2D eigenvalue weighted by Gasteiger charge is -2.06. The Balaban J connectivity index is 1.74. The molecule has 1 heterocycles. The third-order valence-corrected chi connectivity index (χ3v) is 3.38. The molecule has 2 aromatic carbocycles. The largest absolute Gasteiger partial charge is 0.489 e. The minimum atomic E-state index is 0.599. The molecule has 0 amide bonds. The van der Waals surface area contributed by atoms with Crippen LogP contribution in [0.5, 0.6) is 5.75 Å². The van der Waals surface area contributed by atoms with Gasteiger partial charge in [-0.15, -0.1) is 0 Å². The molecular weight excluding hydrogens is 260 g/mol. The van der Waals surface area contributed by atoms with Gasteiger partial charge in [-0.05, 0) is 43.9 Å². The van der Waals surface area contributed by atoms with Crippen LogP contribution in [0.15, 0.2) is 54.6 Å². The van der Waals surface area contributed by atoms with Crippen molar-refractivity contribution in [3.8, 4) is 5.75 Å². The molecule has 0 saturated heterocycles. The van der Waals surface area contributed by atoms with Gasteiger partial charge in [0.05, 0.1) is 0 Å². The number of hydrogen-bond acceptors (Lipinski definition) is 2. The Bertz CT molecular complexity index is 716. The summed E-state index contributed by atoms with van der Waals surface area (Å²) in [6.07, 6.45) is 0. The first-order chi connectivity index (χ1) is 10.2. The number of rotatable bonds is 5. The van der Waals surface area contributed by atoms with Gasteiger partial charge < -0.3 is 14.6 Å². The van der Waals surface area contributed by atoms with Crippen molar-refractivity contribution in [2.75, 3.05) is 14.1 Å². The van der Waals surface area contributed by atoms with Gasteiger partial charge in [0.15, 0.2) is 0 Å². The first-order valence-corrected chi connectivity index (χ1v) is 7.14. The number of H-pyrrole nitrogens is 1. The minimum absolute atomic E-state index is 0.599. The molecule has 0 unspecified atom stereocenters. The molecular formula is C18H20N2O. The van der Waals surface area contributed by atoms with Gasteiger partial charge in [0.25, 0.3) is 0 Å². The number of fused-ring (bicyclic) bond motifs is 1. The summed E-state index contributed by atoms with van der Waals surface area (Å²) < 4.78 is 5.87. The summed E-state index contributed by atoms with van der Waals surface area (Å²) in [5, 5.41) is 1.19. The number of aromatic amines is 1. The Hall–Kier alpha value is -2.26. The highest BCUT2D eigenvalue weighted by Gasteiger charge is 2.04. The fourth-order valence-electron chi connectivity index (χ4n) is 2.43. The molecule has 3 rings (SSSR count). The first-order valence-electron chi connectivity index (χ1n) is 7.14. The second kappa shape index (κ2) is 6.02. The second-order valence-corrected chi connectivity index (χ2v) is 5.56. The molecule has 0 saturated carbocycles. The van der Waals surface area contributed by atoms with E-state index in [4.69, 9.17) is 4.74 Å². The van der Waals surface area contributed by atoms with E-state index in [1.165, 1.54) is 16.6 Å². The summed E-state index contributed by atoms with van der Waals surface area (Å²) in [5.74, 6) is 0.904. The molecule has 0 spiro atoms. The SMILES string of the molecule is CN(C)Cc1cc2cc(OCc3ccccc3)ccc2[nH]1. The molecule has 0 aliphatic rings. The zero-order valence-electron chi connectivity index (χ0n) is 12.5. The maximum atomic E-state index is 5.87. The lowest BCUT2D eigenvalue weighted by molar-refractivity contribution is 0.306. The predicted molar refractivity (Wildman–Crippen MR) is 86.5 cm³/mol. The van der Waals surface area contributed by atoms with Gasteiger partial charge in [0, 0.05) is 23.1 Å².